The molecule has 0 unspecified atom stereocenters. The van der Waals surface area contributed by atoms with Crippen LogP contribution in [-0.4, -0.2) is 20.0 Å². The van der Waals surface area contributed by atoms with Crippen LogP contribution in [0.15, 0.2) is 0 Å². The zero-order chi connectivity index (χ0) is 15.1. The maximum atomic E-state index is 11.2. The molecule has 0 fully saturated rings. The van der Waals surface area contributed by atoms with E-state index in [-0.39, 0.29) is 11.5 Å². The lowest BCUT2D eigenvalue weighted by Gasteiger charge is -2.02. The maximum Gasteiger partial charge on any atom is 0.147 e. The topological polar surface area (TPSA) is 51.2 Å². The number of hydrogen-bond acceptors (Lipinski definition) is 3. The average molecular weight is 304 g/mol. The Bertz CT molecular complexity index is 290. The third-order valence-electron chi connectivity index (χ3n) is 3.61. The first kappa shape index (κ1) is 19.6. The highest BCUT2D eigenvalue weighted by Crippen LogP contribution is 2.12. The second kappa shape index (κ2) is 15.0. The van der Waals surface area contributed by atoms with E-state index in [1.54, 1.807) is 0 Å². The van der Waals surface area contributed by atoms with E-state index in [0.29, 0.717) is 6.42 Å². The summed E-state index contributed by atoms with van der Waals surface area (Å²) in [5, 5.41) is 0. The molecule has 0 rings (SSSR count). The number of Topliss-reactive ketones (excluding diaryl/α,β-unsaturated/α-hetero) is 1. The van der Waals surface area contributed by atoms with E-state index in [1.807, 2.05) is 0 Å². The summed E-state index contributed by atoms with van der Waals surface area (Å²) in [6.45, 7) is 2.24. The Morgan fingerprint density at radius 3 is 1.50 bits per heavy atom. The summed E-state index contributed by atoms with van der Waals surface area (Å²) in [6.07, 6.45) is 15.6. The van der Waals surface area contributed by atoms with Gasteiger partial charge in [-0.15, -0.1) is 0 Å². The van der Waals surface area contributed by atoms with Crippen LogP contribution in [0.3, 0.4) is 0 Å². The fourth-order valence-corrected chi connectivity index (χ4v) is 2.83. The number of carbonyl (C=O) groups is 1. The summed E-state index contributed by atoms with van der Waals surface area (Å²) in [7, 11) is -2.53. The quantitative estimate of drug-likeness (QED) is 0.363. The Balaban J connectivity index is 3.11. The molecule has 0 saturated heterocycles. The van der Waals surface area contributed by atoms with Crippen LogP contribution in [0.25, 0.3) is 0 Å². The van der Waals surface area contributed by atoms with Crippen LogP contribution in [0.2, 0.25) is 0 Å². The molecule has 0 aromatic rings. The van der Waals surface area contributed by atoms with Crippen LogP contribution in [0.1, 0.15) is 90.4 Å². The largest absolute Gasteiger partial charge is 0.299 e. The minimum atomic E-state index is -2.53. The maximum absolute atomic E-state index is 11.2. The van der Waals surface area contributed by atoms with Gasteiger partial charge in [0.1, 0.15) is 22.2 Å². The molecule has 20 heavy (non-hydrogen) atoms. The summed E-state index contributed by atoms with van der Waals surface area (Å²) in [4.78, 5) is 11.2. The molecule has 4 heteroatoms. The zero-order valence-corrected chi connectivity index (χ0v) is 14.0. The first-order valence-electron chi connectivity index (χ1n) is 8.30. The van der Waals surface area contributed by atoms with Gasteiger partial charge in [-0.25, -0.2) is 8.42 Å². The molecule has 0 heterocycles. The predicted octanol–water partition coefficient (Wildman–Crippen LogP) is 4.26. The molecular formula is C16H32O3S. The Morgan fingerprint density at radius 2 is 1.10 bits per heavy atom. The van der Waals surface area contributed by atoms with Gasteiger partial charge in [-0.3, -0.25) is 4.79 Å². The summed E-state index contributed by atoms with van der Waals surface area (Å²) >= 11 is 0. The third kappa shape index (κ3) is 15.7. The van der Waals surface area contributed by atoms with Gasteiger partial charge in [-0.05, 0) is 6.42 Å². The first-order valence-corrected chi connectivity index (χ1v) is 9.66. The van der Waals surface area contributed by atoms with Gasteiger partial charge in [-0.1, -0.05) is 77.6 Å². The van der Waals surface area contributed by atoms with Gasteiger partial charge in [0, 0.05) is 6.42 Å². The van der Waals surface area contributed by atoms with Crippen molar-refractivity contribution < 1.29 is 13.2 Å². The summed E-state index contributed by atoms with van der Waals surface area (Å²) in [5.41, 5.74) is 0. The normalized spacial score (nSPS) is 11.1. The number of ketones is 1. The Hall–Kier alpha value is -0.380. The molecule has 0 aliphatic rings. The highest BCUT2D eigenvalue weighted by Gasteiger charge is 2.02. The van der Waals surface area contributed by atoms with Crippen molar-refractivity contribution in [3.05, 3.63) is 0 Å². The molecule has 0 bridgehead atoms. The van der Waals surface area contributed by atoms with Crippen molar-refractivity contribution in [2.45, 2.75) is 90.4 Å². The lowest BCUT2D eigenvalue weighted by molar-refractivity contribution is -0.116. The SMILES string of the molecule is CCCCCCCCCCCCCCC(=O)C[SH](=O)=O. The molecule has 0 N–H and O–H groups in total. The van der Waals surface area contributed by atoms with E-state index in [0.717, 1.165) is 12.8 Å². The lowest BCUT2D eigenvalue weighted by atomic mass is 10.0. The highest BCUT2D eigenvalue weighted by molar-refractivity contribution is 7.73. The van der Waals surface area contributed by atoms with Gasteiger partial charge < -0.3 is 0 Å². The van der Waals surface area contributed by atoms with Crippen molar-refractivity contribution >= 4 is 16.5 Å². The summed E-state index contributed by atoms with van der Waals surface area (Å²) in [6, 6.07) is 0. The Kier molecular flexibility index (Phi) is 14.7. The third-order valence-corrected chi connectivity index (χ3v) is 4.23. The molecule has 0 saturated carbocycles. The molecule has 0 atom stereocenters. The van der Waals surface area contributed by atoms with Gasteiger partial charge in [0.05, 0.1) is 0 Å². The number of rotatable bonds is 15. The van der Waals surface area contributed by atoms with E-state index >= 15 is 0 Å². The van der Waals surface area contributed by atoms with Crippen molar-refractivity contribution in [3.8, 4) is 0 Å². The average Bonchev–Trinajstić information content (AvgIpc) is 2.39. The number of unbranched alkanes of at least 4 members (excludes halogenated alkanes) is 11. The van der Waals surface area contributed by atoms with Crippen molar-refractivity contribution in [1.82, 2.24) is 0 Å². The van der Waals surface area contributed by atoms with E-state index in [4.69, 9.17) is 0 Å². The van der Waals surface area contributed by atoms with Crippen LogP contribution in [-0.2, 0) is 15.5 Å². The fourth-order valence-electron chi connectivity index (χ4n) is 2.39. The smallest absolute Gasteiger partial charge is 0.147 e. The van der Waals surface area contributed by atoms with E-state index < -0.39 is 10.7 Å². The highest BCUT2D eigenvalue weighted by atomic mass is 32.2. The fraction of sp³-hybridized carbons (Fsp3) is 0.938. The second-order valence-electron chi connectivity index (χ2n) is 5.67. The van der Waals surface area contributed by atoms with Crippen LogP contribution in [0.4, 0.5) is 0 Å². The van der Waals surface area contributed by atoms with Crippen molar-refractivity contribution in [1.29, 1.82) is 0 Å². The van der Waals surface area contributed by atoms with Gasteiger partial charge >= 0.3 is 0 Å². The van der Waals surface area contributed by atoms with Crippen molar-refractivity contribution in [2.24, 2.45) is 0 Å². The second-order valence-corrected chi connectivity index (χ2v) is 6.65. The monoisotopic (exact) mass is 304 g/mol. The van der Waals surface area contributed by atoms with Crippen LogP contribution in [0.5, 0.6) is 0 Å². The molecule has 0 radical (unpaired) electrons. The Labute approximate surface area is 126 Å². The van der Waals surface area contributed by atoms with E-state index in [2.05, 4.69) is 6.92 Å². The van der Waals surface area contributed by atoms with Crippen LogP contribution < -0.4 is 0 Å². The number of hydrogen-bond donors (Lipinski definition) is 1. The molecule has 0 aliphatic heterocycles. The van der Waals surface area contributed by atoms with Crippen LogP contribution in [0, 0.1) is 0 Å². The molecule has 0 amide bonds. The first-order chi connectivity index (χ1) is 9.66. The molecule has 0 aromatic heterocycles. The Morgan fingerprint density at radius 1 is 0.700 bits per heavy atom. The lowest BCUT2D eigenvalue weighted by Crippen LogP contribution is -2.05. The summed E-state index contributed by atoms with van der Waals surface area (Å²) in [5.74, 6) is -0.402. The predicted molar refractivity (Wildman–Crippen MR) is 85.9 cm³/mol. The van der Waals surface area contributed by atoms with Crippen molar-refractivity contribution in [2.75, 3.05) is 5.75 Å². The van der Waals surface area contributed by atoms with Gasteiger partial charge in [0.25, 0.3) is 0 Å². The minimum Gasteiger partial charge on any atom is -0.299 e. The number of carbonyl (C=O) groups excluding carboxylic acids is 1. The number of thiol groups is 1. The standard InChI is InChI=1S/C16H32O3S/c1-2-3-4-5-6-7-8-9-10-11-12-13-14-16(17)15-20(18)19/h20H,2-15H2,1H3. The van der Waals surface area contributed by atoms with E-state index in [9.17, 15) is 13.2 Å². The molecule has 0 aromatic carbocycles. The molecular weight excluding hydrogens is 272 g/mol. The van der Waals surface area contributed by atoms with Crippen molar-refractivity contribution in [3.63, 3.8) is 0 Å². The van der Waals surface area contributed by atoms with Gasteiger partial charge in [0.2, 0.25) is 0 Å². The zero-order valence-electron chi connectivity index (χ0n) is 13.1. The molecule has 0 aliphatic carbocycles. The van der Waals surface area contributed by atoms with Crippen LogP contribution >= 0.6 is 0 Å². The molecule has 0 spiro atoms. The van der Waals surface area contributed by atoms with Gasteiger partial charge in [-0.2, -0.15) is 0 Å². The van der Waals surface area contributed by atoms with E-state index in [1.165, 1.54) is 64.2 Å². The molecule has 3 nitrogen and oxygen atoms in total. The molecule has 120 valence electrons. The van der Waals surface area contributed by atoms with Gasteiger partial charge in [0.15, 0.2) is 0 Å². The summed E-state index contributed by atoms with van der Waals surface area (Å²) < 4.78 is 20.7. The minimum absolute atomic E-state index is 0.131.